The lowest BCUT2D eigenvalue weighted by atomic mass is 10.1. The minimum absolute atomic E-state index is 0.0607. The van der Waals surface area contributed by atoms with Gasteiger partial charge in [0.2, 0.25) is 0 Å². The first-order chi connectivity index (χ1) is 13.0. The maximum absolute atomic E-state index is 12.3. The van der Waals surface area contributed by atoms with Crippen LogP contribution in [0.3, 0.4) is 0 Å². The SMILES string of the molecule is COc1cc(OC)c(C(=O)OCC(=O)NNC(=O)c2cccs2)cc1OC. The van der Waals surface area contributed by atoms with E-state index in [1.807, 2.05) is 0 Å². The maximum Gasteiger partial charge on any atom is 0.342 e. The minimum atomic E-state index is -0.799. The summed E-state index contributed by atoms with van der Waals surface area (Å²) in [6.07, 6.45) is 0. The minimum Gasteiger partial charge on any atom is -0.496 e. The van der Waals surface area contributed by atoms with Crippen LogP contribution in [0.15, 0.2) is 29.6 Å². The number of rotatable bonds is 7. The molecule has 2 aromatic rings. The number of hydrogen-bond acceptors (Lipinski definition) is 8. The summed E-state index contributed by atoms with van der Waals surface area (Å²) in [4.78, 5) is 36.2. The van der Waals surface area contributed by atoms with Gasteiger partial charge in [0.25, 0.3) is 11.8 Å². The molecule has 0 saturated heterocycles. The Balaban J connectivity index is 1.94. The van der Waals surface area contributed by atoms with Crippen LogP contribution in [-0.4, -0.2) is 45.7 Å². The third-order valence-corrected chi connectivity index (χ3v) is 4.19. The number of amides is 2. The van der Waals surface area contributed by atoms with Crippen molar-refractivity contribution in [3.63, 3.8) is 0 Å². The van der Waals surface area contributed by atoms with Crippen LogP contribution in [0.2, 0.25) is 0 Å². The number of benzene rings is 1. The number of nitrogens with one attached hydrogen (secondary N) is 2. The Bertz CT molecular complexity index is 821. The quantitative estimate of drug-likeness (QED) is 0.539. The Kier molecular flexibility index (Phi) is 7.00. The van der Waals surface area contributed by atoms with Gasteiger partial charge in [0.1, 0.15) is 11.3 Å². The van der Waals surface area contributed by atoms with E-state index >= 15 is 0 Å². The van der Waals surface area contributed by atoms with E-state index in [9.17, 15) is 14.4 Å². The average Bonchev–Trinajstić information content (AvgIpc) is 3.23. The van der Waals surface area contributed by atoms with E-state index in [0.29, 0.717) is 16.4 Å². The Morgan fingerprint density at radius 3 is 2.22 bits per heavy atom. The van der Waals surface area contributed by atoms with Gasteiger partial charge >= 0.3 is 5.97 Å². The van der Waals surface area contributed by atoms with Gasteiger partial charge in [-0.1, -0.05) is 6.07 Å². The average molecular weight is 394 g/mol. The van der Waals surface area contributed by atoms with Gasteiger partial charge in [-0.15, -0.1) is 11.3 Å². The lowest BCUT2D eigenvalue weighted by molar-refractivity contribution is -0.125. The van der Waals surface area contributed by atoms with Crippen molar-refractivity contribution < 1.29 is 33.3 Å². The number of carbonyl (C=O) groups is 3. The fourth-order valence-corrected chi connectivity index (χ4v) is 2.65. The molecule has 10 heteroatoms. The topological polar surface area (TPSA) is 112 Å². The number of carbonyl (C=O) groups excluding carboxylic acids is 3. The van der Waals surface area contributed by atoms with Gasteiger partial charge in [0, 0.05) is 12.1 Å². The highest BCUT2D eigenvalue weighted by atomic mass is 32.1. The summed E-state index contributed by atoms with van der Waals surface area (Å²) in [6.45, 7) is -0.596. The zero-order valence-corrected chi connectivity index (χ0v) is 15.7. The summed E-state index contributed by atoms with van der Waals surface area (Å²) in [5, 5.41) is 1.73. The second-order valence-corrected chi connectivity index (χ2v) is 5.91. The van der Waals surface area contributed by atoms with Crippen LogP contribution in [0.25, 0.3) is 0 Å². The molecule has 0 atom stereocenters. The zero-order chi connectivity index (χ0) is 19.8. The van der Waals surface area contributed by atoms with E-state index in [-0.39, 0.29) is 11.3 Å². The first-order valence-electron chi connectivity index (χ1n) is 7.60. The number of esters is 1. The first-order valence-corrected chi connectivity index (χ1v) is 8.48. The Hall–Kier alpha value is -3.27. The van der Waals surface area contributed by atoms with E-state index in [0.717, 1.165) is 0 Å². The van der Waals surface area contributed by atoms with Crippen molar-refractivity contribution in [2.75, 3.05) is 27.9 Å². The molecule has 2 rings (SSSR count). The molecule has 0 aliphatic rings. The molecule has 1 heterocycles. The molecule has 0 bridgehead atoms. The molecule has 27 heavy (non-hydrogen) atoms. The summed E-state index contributed by atoms with van der Waals surface area (Å²) in [5.41, 5.74) is 4.45. The molecule has 1 aromatic carbocycles. The van der Waals surface area contributed by atoms with E-state index in [1.165, 1.54) is 44.8 Å². The first kappa shape index (κ1) is 20.0. The highest BCUT2D eigenvalue weighted by molar-refractivity contribution is 7.12. The van der Waals surface area contributed by atoms with Crippen molar-refractivity contribution in [3.05, 3.63) is 40.1 Å². The largest absolute Gasteiger partial charge is 0.496 e. The third kappa shape index (κ3) is 5.11. The molecule has 0 spiro atoms. The van der Waals surface area contributed by atoms with Crippen molar-refractivity contribution in [1.82, 2.24) is 10.9 Å². The lowest BCUT2D eigenvalue weighted by Gasteiger charge is -2.13. The van der Waals surface area contributed by atoms with Crippen molar-refractivity contribution in [2.24, 2.45) is 0 Å². The van der Waals surface area contributed by atoms with Gasteiger partial charge in [-0.2, -0.15) is 0 Å². The van der Waals surface area contributed by atoms with E-state index < -0.39 is 24.4 Å². The predicted octanol–water partition coefficient (Wildman–Crippen LogP) is 1.39. The van der Waals surface area contributed by atoms with Gasteiger partial charge < -0.3 is 18.9 Å². The van der Waals surface area contributed by atoms with Crippen molar-refractivity contribution in [2.45, 2.75) is 0 Å². The smallest absolute Gasteiger partial charge is 0.342 e. The fourth-order valence-electron chi connectivity index (χ4n) is 2.03. The van der Waals surface area contributed by atoms with Gasteiger partial charge in [-0.3, -0.25) is 20.4 Å². The molecule has 2 amide bonds. The standard InChI is InChI=1S/C17H18N2O7S/c1-23-11-8-13(25-3)12(24-2)7-10(11)17(22)26-9-15(20)18-19-16(21)14-5-4-6-27-14/h4-8H,9H2,1-3H3,(H,18,20)(H,19,21). The van der Waals surface area contributed by atoms with Crippen molar-refractivity contribution in [1.29, 1.82) is 0 Å². The number of hydrazine groups is 1. The van der Waals surface area contributed by atoms with Crippen molar-refractivity contribution in [3.8, 4) is 17.2 Å². The molecule has 9 nitrogen and oxygen atoms in total. The van der Waals surface area contributed by atoms with Crippen LogP contribution >= 0.6 is 11.3 Å². The van der Waals surface area contributed by atoms with E-state index in [1.54, 1.807) is 17.5 Å². The Morgan fingerprint density at radius 1 is 0.963 bits per heavy atom. The van der Waals surface area contributed by atoms with Crippen LogP contribution < -0.4 is 25.1 Å². The molecule has 0 radical (unpaired) electrons. The van der Waals surface area contributed by atoms with Crippen LogP contribution in [0.5, 0.6) is 17.2 Å². The summed E-state index contributed by atoms with van der Waals surface area (Å²) >= 11 is 1.22. The Morgan fingerprint density at radius 2 is 1.63 bits per heavy atom. The van der Waals surface area contributed by atoms with Crippen LogP contribution in [0.1, 0.15) is 20.0 Å². The van der Waals surface area contributed by atoms with Crippen LogP contribution in [0.4, 0.5) is 0 Å². The van der Waals surface area contributed by atoms with E-state index in [2.05, 4.69) is 10.9 Å². The molecule has 0 aliphatic carbocycles. The maximum atomic E-state index is 12.3. The van der Waals surface area contributed by atoms with Gasteiger partial charge in [-0.25, -0.2) is 4.79 Å². The third-order valence-electron chi connectivity index (χ3n) is 3.32. The lowest BCUT2D eigenvalue weighted by Crippen LogP contribution is -2.43. The summed E-state index contributed by atoms with van der Waals surface area (Å²) in [5.74, 6) is -1.09. The highest BCUT2D eigenvalue weighted by Crippen LogP contribution is 2.34. The number of thiophene rings is 1. The molecule has 144 valence electrons. The molecule has 0 aliphatic heterocycles. The van der Waals surface area contributed by atoms with Crippen LogP contribution in [-0.2, 0) is 9.53 Å². The van der Waals surface area contributed by atoms with Crippen molar-refractivity contribution >= 4 is 29.1 Å². The predicted molar refractivity (Wildman–Crippen MR) is 96.3 cm³/mol. The number of hydrogen-bond donors (Lipinski definition) is 2. The molecule has 2 N–H and O–H groups in total. The summed E-state index contributed by atoms with van der Waals surface area (Å²) < 4.78 is 20.4. The zero-order valence-electron chi connectivity index (χ0n) is 14.9. The Labute approximate surface area is 159 Å². The molecule has 0 saturated carbocycles. The molecular formula is C17H18N2O7S. The normalized spacial score (nSPS) is 9.89. The van der Waals surface area contributed by atoms with Gasteiger partial charge in [0.15, 0.2) is 18.1 Å². The number of methoxy groups -OCH3 is 3. The summed E-state index contributed by atoms with van der Waals surface area (Å²) in [6, 6.07) is 6.17. The van der Waals surface area contributed by atoms with Crippen LogP contribution in [0, 0.1) is 0 Å². The highest BCUT2D eigenvalue weighted by Gasteiger charge is 2.20. The summed E-state index contributed by atoms with van der Waals surface area (Å²) in [7, 11) is 4.25. The molecule has 0 unspecified atom stereocenters. The van der Waals surface area contributed by atoms with E-state index in [4.69, 9.17) is 18.9 Å². The fraction of sp³-hybridized carbons (Fsp3) is 0.235. The van der Waals surface area contributed by atoms with Gasteiger partial charge in [0.05, 0.1) is 26.2 Å². The molecule has 1 aromatic heterocycles. The molecular weight excluding hydrogens is 376 g/mol. The monoisotopic (exact) mass is 394 g/mol. The molecule has 0 fully saturated rings. The second kappa shape index (κ2) is 9.43. The second-order valence-electron chi connectivity index (χ2n) is 4.96. The number of ether oxygens (including phenoxy) is 4. The van der Waals surface area contributed by atoms with Gasteiger partial charge in [-0.05, 0) is 11.4 Å².